The minimum Gasteiger partial charge on any atom is -0.395 e. The highest BCUT2D eigenvalue weighted by molar-refractivity contribution is 5.92. The molecule has 10 heteroatoms. The van der Waals surface area contributed by atoms with Crippen LogP contribution < -0.4 is 0 Å². The molecular weight excluding hydrogens is 315 g/mol. The van der Waals surface area contributed by atoms with Gasteiger partial charge in [0.25, 0.3) is 5.91 Å². The van der Waals surface area contributed by atoms with Crippen LogP contribution in [-0.4, -0.2) is 55.6 Å². The van der Waals surface area contributed by atoms with E-state index in [1.807, 2.05) is 0 Å². The van der Waals surface area contributed by atoms with E-state index in [1.54, 1.807) is 6.92 Å². The summed E-state index contributed by atoms with van der Waals surface area (Å²) in [5.74, 6) is -0.325. The predicted molar refractivity (Wildman–Crippen MR) is 72.8 cm³/mol. The van der Waals surface area contributed by atoms with Gasteiger partial charge in [-0.05, 0) is 19.1 Å². The topological polar surface area (TPSA) is 84.1 Å². The number of rotatable bonds is 5. The van der Waals surface area contributed by atoms with Crippen molar-refractivity contribution in [1.29, 1.82) is 0 Å². The number of aromatic nitrogens is 4. The lowest BCUT2D eigenvalue weighted by molar-refractivity contribution is -0.137. The maximum absolute atomic E-state index is 12.5. The molecule has 0 aliphatic heterocycles. The number of hydrogen-bond donors (Lipinski definition) is 1. The summed E-state index contributed by atoms with van der Waals surface area (Å²) in [6.07, 6.45) is -2.51. The molecule has 7 nitrogen and oxygen atoms in total. The van der Waals surface area contributed by atoms with E-state index >= 15 is 0 Å². The van der Waals surface area contributed by atoms with E-state index in [-0.39, 0.29) is 24.7 Å². The van der Waals surface area contributed by atoms with E-state index in [0.717, 1.165) is 16.8 Å². The van der Waals surface area contributed by atoms with Crippen molar-refractivity contribution in [3.05, 3.63) is 35.8 Å². The van der Waals surface area contributed by atoms with E-state index < -0.39 is 17.6 Å². The maximum atomic E-state index is 12.5. The molecule has 2 heterocycles. The molecular formula is C13H14F3N5O2. The molecule has 124 valence electrons. The van der Waals surface area contributed by atoms with Gasteiger partial charge < -0.3 is 10.0 Å². The average Bonchev–Trinajstić information content (AvgIpc) is 3.01. The Labute approximate surface area is 129 Å². The van der Waals surface area contributed by atoms with Crippen LogP contribution in [0.4, 0.5) is 13.2 Å². The van der Waals surface area contributed by atoms with Gasteiger partial charge in [-0.3, -0.25) is 4.79 Å². The zero-order valence-electron chi connectivity index (χ0n) is 12.2. The van der Waals surface area contributed by atoms with Crippen LogP contribution >= 0.6 is 0 Å². The number of aliphatic hydroxyl groups excluding tert-OH is 1. The Kier molecular flexibility index (Phi) is 4.94. The van der Waals surface area contributed by atoms with Crippen molar-refractivity contribution < 1.29 is 23.1 Å². The normalized spacial score (nSPS) is 11.5. The molecule has 2 aromatic rings. The van der Waals surface area contributed by atoms with Gasteiger partial charge in [0.1, 0.15) is 0 Å². The minimum absolute atomic E-state index is 0.0157. The molecule has 1 N–H and O–H groups in total. The molecule has 2 aromatic heterocycles. The van der Waals surface area contributed by atoms with Gasteiger partial charge in [0.15, 0.2) is 11.5 Å². The minimum atomic E-state index is -4.47. The summed E-state index contributed by atoms with van der Waals surface area (Å²) in [5, 5.41) is 16.3. The van der Waals surface area contributed by atoms with E-state index in [0.29, 0.717) is 12.7 Å². The van der Waals surface area contributed by atoms with Gasteiger partial charge in [-0.15, -0.1) is 5.10 Å². The monoisotopic (exact) mass is 329 g/mol. The van der Waals surface area contributed by atoms with Gasteiger partial charge >= 0.3 is 6.18 Å². The number of nitrogens with zero attached hydrogens (tertiary/aromatic N) is 5. The molecule has 0 atom stereocenters. The quantitative estimate of drug-likeness (QED) is 0.889. The molecule has 2 rings (SSSR count). The lowest BCUT2D eigenvalue weighted by Crippen LogP contribution is -2.33. The highest BCUT2D eigenvalue weighted by atomic mass is 19.4. The smallest absolute Gasteiger partial charge is 0.395 e. The van der Waals surface area contributed by atoms with Crippen LogP contribution in [0, 0.1) is 0 Å². The molecule has 23 heavy (non-hydrogen) atoms. The Balaban J connectivity index is 2.20. The van der Waals surface area contributed by atoms with Crippen molar-refractivity contribution in [3.63, 3.8) is 0 Å². The van der Waals surface area contributed by atoms with E-state index in [2.05, 4.69) is 15.3 Å². The van der Waals surface area contributed by atoms with Gasteiger partial charge in [-0.1, -0.05) is 5.21 Å². The maximum Gasteiger partial charge on any atom is 0.417 e. The molecule has 0 saturated heterocycles. The molecule has 0 saturated carbocycles. The second kappa shape index (κ2) is 6.73. The largest absolute Gasteiger partial charge is 0.417 e. The van der Waals surface area contributed by atoms with Crippen molar-refractivity contribution in [2.24, 2.45) is 0 Å². The zero-order valence-corrected chi connectivity index (χ0v) is 12.2. The average molecular weight is 329 g/mol. The summed E-state index contributed by atoms with van der Waals surface area (Å²) in [5.41, 5.74) is -0.861. The third-order valence-corrected chi connectivity index (χ3v) is 3.06. The number of amides is 1. The van der Waals surface area contributed by atoms with Gasteiger partial charge in [0.2, 0.25) is 0 Å². The van der Waals surface area contributed by atoms with Crippen LogP contribution in [0.15, 0.2) is 24.5 Å². The fraction of sp³-hybridized carbons (Fsp3) is 0.385. The summed E-state index contributed by atoms with van der Waals surface area (Å²) in [4.78, 5) is 17.2. The highest BCUT2D eigenvalue weighted by Crippen LogP contribution is 2.28. The molecule has 1 amide bonds. The van der Waals surface area contributed by atoms with Crippen LogP contribution in [-0.2, 0) is 6.18 Å². The van der Waals surface area contributed by atoms with Crippen LogP contribution in [0.5, 0.6) is 0 Å². The summed E-state index contributed by atoms with van der Waals surface area (Å²) < 4.78 is 38.6. The van der Waals surface area contributed by atoms with E-state index in [4.69, 9.17) is 5.11 Å². The lowest BCUT2D eigenvalue weighted by Gasteiger charge is -2.17. The van der Waals surface area contributed by atoms with Crippen LogP contribution in [0.2, 0.25) is 0 Å². The molecule has 0 aromatic carbocycles. The summed E-state index contributed by atoms with van der Waals surface area (Å²) in [6.45, 7) is 2.09. The Morgan fingerprint density at radius 1 is 1.39 bits per heavy atom. The van der Waals surface area contributed by atoms with Crippen LogP contribution in [0.1, 0.15) is 23.0 Å². The zero-order chi connectivity index (χ0) is 17.0. The number of aliphatic hydroxyl groups is 1. The summed E-state index contributed by atoms with van der Waals surface area (Å²) >= 11 is 0. The number of carbonyl (C=O) groups excluding carboxylic acids is 1. The van der Waals surface area contributed by atoms with Gasteiger partial charge in [-0.25, -0.2) is 9.67 Å². The second-order valence-electron chi connectivity index (χ2n) is 4.56. The summed E-state index contributed by atoms with van der Waals surface area (Å²) in [6, 6.07) is 2.01. The molecule has 0 aliphatic rings. The second-order valence-corrected chi connectivity index (χ2v) is 4.56. The molecule has 0 radical (unpaired) electrons. The first-order chi connectivity index (χ1) is 10.9. The third-order valence-electron chi connectivity index (χ3n) is 3.06. The van der Waals surface area contributed by atoms with Gasteiger partial charge in [0.05, 0.1) is 18.4 Å². The van der Waals surface area contributed by atoms with Crippen LogP contribution in [0.25, 0.3) is 5.82 Å². The lowest BCUT2D eigenvalue weighted by atomic mass is 10.3. The van der Waals surface area contributed by atoms with Gasteiger partial charge in [0, 0.05) is 19.3 Å². The Hall–Kier alpha value is -2.49. The Bertz CT molecular complexity index is 669. The van der Waals surface area contributed by atoms with E-state index in [1.165, 1.54) is 11.1 Å². The Morgan fingerprint density at radius 2 is 2.13 bits per heavy atom. The van der Waals surface area contributed by atoms with Crippen molar-refractivity contribution >= 4 is 5.91 Å². The molecule has 0 fully saturated rings. The van der Waals surface area contributed by atoms with E-state index in [9.17, 15) is 18.0 Å². The predicted octanol–water partition coefficient (Wildman–Crippen LogP) is 1.14. The van der Waals surface area contributed by atoms with Crippen molar-refractivity contribution in [3.8, 4) is 5.82 Å². The van der Waals surface area contributed by atoms with Crippen LogP contribution in [0.3, 0.4) is 0 Å². The molecule has 0 unspecified atom stereocenters. The van der Waals surface area contributed by atoms with Crippen molar-refractivity contribution in [1.82, 2.24) is 24.9 Å². The molecule has 0 bridgehead atoms. The number of pyridine rings is 1. The first kappa shape index (κ1) is 16.9. The fourth-order valence-corrected chi connectivity index (χ4v) is 1.85. The number of hydrogen-bond acceptors (Lipinski definition) is 5. The number of carbonyl (C=O) groups is 1. The standard InChI is InChI=1S/C13H14F3N5O2/c1-2-20(5-6-22)12(23)10-8-21(19-18-10)11-4-3-9(7-17-11)13(14,15)16/h3-4,7-8,22H,2,5-6H2,1H3. The third kappa shape index (κ3) is 3.83. The number of likely N-dealkylation sites (N-methyl/N-ethyl adjacent to an activating group) is 1. The Morgan fingerprint density at radius 3 is 2.65 bits per heavy atom. The van der Waals surface area contributed by atoms with Crippen molar-refractivity contribution in [2.75, 3.05) is 19.7 Å². The first-order valence-corrected chi connectivity index (χ1v) is 6.73. The first-order valence-electron chi connectivity index (χ1n) is 6.73. The van der Waals surface area contributed by atoms with Gasteiger partial charge in [-0.2, -0.15) is 13.2 Å². The summed E-state index contributed by atoms with van der Waals surface area (Å²) in [7, 11) is 0. The fourth-order valence-electron chi connectivity index (χ4n) is 1.85. The van der Waals surface area contributed by atoms with Crippen molar-refractivity contribution in [2.45, 2.75) is 13.1 Å². The highest BCUT2D eigenvalue weighted by Gasteiger charge is 2.30. The number of halogens is 3. The molecule has 0 spiro atoms. The molecule has 0 aliphatic carbocycles. The number of alkyl halides is 3. The SMILES string of the molecule is CCN(CCO)C(=O)c1cn(-c2ccc(C(F)(F)F)cn2)nn1.